The molecule has 0 aliphatic carbocycles. The Morgan fingerprint density at radius 2 is 2.19 bits per heavy atom. The van der Waals surface area contributed by atoms with E-state index in [1.54, 1.807) is 6.92 Å². The van der Waals surface area contributed by atoms with Crippen molar-refractivity contribution < 1.29 is 18.8 Å². The molecule has 0 unspecified atom stereocenters. The Balaban J connectivity index is 1.96. The highest BCUT2D eigenvalue weighted by Crippen LogP contribution is 2.29. The summed E-state index contributed by atoms with van der Waals surface area (Å²) in [6.45, 7) is 2.76. The first-order valence-electron chi connectivity index (χ1n) is 7.38. The van der Waals surface area contributed by atoms with Crippen LogP contribution in [0.25, 0.3) is 10.2 Å². The van der Waals surface area contributed by atoms with Crippen LogP contribution in [0.15, 0.2) is 23.0 Å². The number of ether oxygens (including phenoxy) is 1. The number of Topliss-reactive ketones (excluding diaryl/α,β-unsaturated/α-hetero) is 1. The lowest BCUT2D eigenvalue weighted by atomic mass is 10.2. The number of aryl methyl sites for hydroxylation is 1. The number of nitro groups is 1. The Hall–Kier alpha value is -3.14. The fourth-order valence-electron chi connectivity index (χ4n) is 2.49. The summed E-state index contributed by atoms with van der Waals surface area (Å²) >= 11 is 1.09. The molecule has 0 bridgehead atoms. The predicted octanol–water partition coefficient (Wildman–Crippen LogP) is 3.12. The molecule has 1 N–H and O–H groups in total. The van der Waals surface area contributed by atoms with Crippen LogP contribution in [-0.4, -0.2) is 20.7 Å². The molecule has 0 radical (unpaired) electrons. The molecule has 1 aromatic carbocycles. The fourth-order valence-corrected chi connectivity index (χ4v) is 3.59. The third-order valence-electron chi connectivity index (χ3n) is 3.65. The van der Waals surface area contributed by atoms with Crippen molar-refractivity contribution in [1.29, 1.82) is 0 Å². The molecule has 2 heterocycles. The van der Waals surface area contributed by atoms with Crippen molar-refractivity contribution in [1.82, 2.24) is 9.97 Å². The highest BCUT2D eigenvalue weighted by molar-refractivity contribution is 7.20. The molecule has 0 aliphatic rings. The number of fused-ring (bicyclic) bond motifs is 1. The summed E-state index contributed by atoms with van der Waals surface area (Å²) in [5, 5.41) is 11.3. The van der Waals surface area contributed by atoms with Gasteiger partial charge in [-0.2, -0.15) is 0 Å². The molecule has 0 spiro atoms. The van der Waals surface area contributed by atoms with Crippen molar-refractivity contribution in [2.24, 2.45) is 0 Å². The van der Waals surface area contributed by atoms with Crippen LogP contribution in [0, 0.1) is 22.9 Å². The average molecular weight is 377 g/mol. The second kappa shape index (κ2) is 6.64. The number of hydrogen-bond donors (Lipinski definition) is 1. The minimum Gasteiger partial charge on any atom is -0.479 e. The SMILES string of the molecule is CC(=O)c1sc2nc(COc3cc(F)ccc3[N+](=O)[O-])[nH]c(=O)c2c1C. The maximum absolute atomic E-state index is 13.3. The highest BCUT2D eigenvalue weighted by Gasteiger charge is 2.19. The molecule has 10 heteroatoms. The minimum atomic E-state index is -0.699. The summed E-state index contributed by atoms with van der Waals surface area (Å²) in [7, 11) is 0. The van der Waals surface area contributed by atoms with Crippen molar-refractivity contribution in [3.63, 3.8) is 0 Å². The predicted molar refractivity (Wildman–Crippen MR) is 92.4 cm³/mol. The van der Waals surface area contributed by atoms with Crippen LogP contribution >= 0.6 is 11.3 Å². The van der Waals surface area contributed by atoms with E-state index in [1.807, 2.05) is 0 Å². The number of halogens is 1. The number of ketones is 1. The van der Waals surface area contributed by atoms with E-state index in [0.29, 0.717) is 20.7 Å². The van der Waals surface area contributed by atoms with Gasteiger partial charge in [0.05, 0.1) is 15.2 Å². The molecule has 3 rings (SSSR count). The molecule has 0 amide bonds. The molecule has 8 nitrogen and oxygen atoms in total. The highest BCUT2D eigenvalue weighted by atomic mass is 32.1. The number of thiophene rings is 1. The Labute approximate surface area is 149 Å². The topological polar surface area (TPSA) is 115 Å². The van der Waals surface area contributed by atoms with Crippen LogP contribution < -0.4 is 10.3 Å². The van der Waals surface area contributed by atoms with Gasteiger partial charge in [-0.3, -0.25) is 19.7 Å². The number of benzene rings is 1. The Morgan fingerprint density at radius 3 is 2.85 bits per heavy atom. The maximum atomic E-state index is 13.3. The number of hydrogen-bond acceptors (Lipinski definition) is 7. The molecule has 0 aliphatic heterocycles. The van der Waals surface area contributed by atoms with Gasteiger partial charge in [-0.05, 0) is 25.5 Å². The molecule has 2 aromatic heterocycles. The van der Waals surface area contributed by atoms with Crippen molar-refractivity contribution in [3.05, 3.63) is 60.7 Å². The van der Waals surface area contributed by atoms with E-state index in [1.165, 1.54) is 6.92 Å². The maximum Gasteiger partial charge on any atom is 0.311 e. The van der Waals surface area contributed by atoms with Crippen LogP contribution in [0.4, 0.5) is 10.1 Å². The van der Waals surface area contributed by atoms with Crippen molar-refractivity contribution in [3.8, 4) is 5.75 Å². The zero-order valence-electron chi connectivity index (χ0n) is 13.7. The fraction of sp³-hybridized carbons (Fsp3) is 0.188. The van der Waals surface area contributed by atoms with Gasteiger partial charge in [-0.15, -0.1) is 11.3 Å². The summed E-state index contributed by atoms with van der Waals surface area (Å²) in [6, 6.07) is 2.83. The monoisotopic (exact) mass is 377 g/mol. The Bertz CT molecular complexity index is 1110. The number of nitrogens with one attached hydrogen (secondary N) is 1. The van der Waals surface area contributed by atoms with E-state index in [-0.39, 0.29) is 24.0 Å². The van der Waals surface area contributed by atoms with E-state index in [2.05, 4.69) is 9.97 Å². The van der Waals surface area contributed by atoms with Crippen LogP contribution in [0.1, 0.15) is 28.0 Å². The number of aromatic nitrogens is 2. The van der Waals surface area contributed by atoms with E-state index in [9.17, 15) is 24.1 Å². The molecular weight excluding hydrogens is 365 g/mol. The van der Waals surface area contributed by atoms with Gasteiger partial charge >= 0.3 is 5.69 Å². The van der Waals surface area contributed by atoms with Crippen LogP contribution in [0.5, 0.6) is 5.75 Å². The number of aromatic amines is 1. The van der Waals surface area contributed by atoms with Gasteiger partial charge in [0.25, 0.3) is 5.56 Å². The first-order chi connectivity index (χ1) is 12.3. The summed E-state index contributed by atoms with van der Waals surface area (Å²) in [6.07, 6.45) is 0. The summed E-state index contributed by atoms with van der Waals surface area (Å²) in [5.74, 6) is -1.03. The van der Waals surface area contributed by atoms with Gasteiger partial charge in [-0.25, -0.2) is 9.37 Å². The standard InChI is InChI=1S/C16H12FN3O5S/c1-7-13-15(22)18-12(19-16(13)26-14(7)8(2)21)6-25-11-5-9(17)3-4-10(11)20(23)24/h3-5H,6H2,1-2H3,(H,18,19,22). The van der Waals surface area contributed by atoms with Crippen molar-refractivity contribution in [2.75, 3.05) is 0 Å². The lowest BCUT2D eigenvalue weighted by Crippen LogP contribution is -2.13. The number of carbonyl (C=O) groups excluding carboxylic acids is 1. The summed E-state index contributed by atoms with van der Waals surface area (Å²) in [5.41, 5.74) is -0.288. The number of nitro benzene ring substituents is 1. The van der Waals surface area contributed by atoms with Gasteiger partial charge in [0, 0.05) is 12.1 Å². The molecule has 3 aromatic rings. The number of carbonyl (C=O) groups is 1. The van der Waals surface area contributed by atoms with Gasteiger partial charge < -0.3 is 9.72 Å². The van der Waals surface area contributed by atoms with E-state index in [0.717, 1.165) is 29.5 Å². The third-order valence-corrected chi connectivity index (χ3v) is 4.94. The van der Waals surface area contributed by atoms with Crippen molar-refractivity contribution >= 4 is 33.0 Å². The zero-order chi connectivity index (χ0) is 19.0. The Kier molecular flexibility index (Phi) is 4.51. The normalized spacial score (nSPS) is 10.9. The average Bonchev–Trinajstić information content (AvgIpc) is 2.90. The van der Waals surface area contributed by atoms with Gasteiger partial charge in [0.2, 0.25) is 0 Å². The molecule has 134 valence electrons. The summed E-state index contributed by atoms with van der Waals surface area (Å²) in [4.78, 5) is 41.7. The Morgan fingerprint density at radius 1 is 1.46 bits per heavy atom. The van der Waals surface area contributed by atoms with E-state index in [4.69, 9.17) is 4.74 Å². The molecular formula is C16H12FN3O5S. The second-order valence-electron chi connectivity index (χ2n) is 5.46. The van der Waals surface area contributed by atoms with E-state index < -0.39 is 22.0 Å². The molecule has 0 saturated carbocycles. The molecule has 0 atom stereocenters. The molecule has 0 saturated heterocycles. The number of H-pyrrole nitrogens is 1. The molecule has 0 fully saturated rings. The second-order valence-corrected chi connectivity index (χ2v) is 6.46. The van der Waals surface area contributed by atoms with E-state index >= 15 is 0 Å². The molecule has 26 heavy (non-hydrogen) atoms. The lowest BCUT2D eigenvalue weighted by molar-refractivity contribution is -0.386. The zero-order valence-corrected chi connectivity index (χ0v) is 14.5. The van der Waals surface area contributed by atoms with Crippen LogP contribution in [-0.2, 0) is 6.61 Å². The van der Waals surface area contributed by atoms with Crippen LogP contribution in [0.2, 0.25) is 0 Å². The van der Waals surface area contributed by atoms with Crippen molar-refractivity contribution in [2.45, 2.75) is 20.5 Å². The minimum absolute atomic E-state index is 0.109. The van der Waals surface area contributed by atoms with Crippen LogP contribution in [0.3, 0.4) is 0 Å². The van der Waals surface area contributed by atoms with Gasteiger partial charge in [0.1, 0.15) is 23.1 Å². The lowest BCUT2D eigenvalue weighted by Gasteiger charge is -2.06. The third kappa shape index (κ3) is 3.18. The number of nitrogens with zero attached hydrogens (tertiary/aromatic N) is 2. The quantitative estimate of drug-likeness (QED) is 0.415. The van der Waals surface area contributed by atoms with Gasteiger partial charge in [0.15, 0.2) is 11.5 Å². The smallest absolute Gasteiger partial charge is 0.311 e. The number of rotatable bonds is 5. The first-order valence-corrected chi connectivity index (χ1v) is 8.19. The summed E-state index contributed by atoms with van der Waals surface area (Å²) < 4.78 is 18.6. The first kappa shape index (κ1) is 17.7. The van der Waals surface area contributed by atoms with Gasteiger partial charge in [-0.1, -0.05) is 0 Å². The largest absolute Gasteiger partial charge is 0.479 e.